The van der Waals surface area contributed by atoms with Crippen molar-refractivity contribution in [1.29, 1.82) is 5.26 Å². The first kappa shape index (κ1) is 18.4. The highest BCUT2D eigenvalue weighted by atomic mass is 19.1. The molecule has 2 aromatic rings. The Kier molecular flexibility index (Phi) is 6.49. The van der Waals surface area contributed by atoms with Crippen molar-refractivity contribution in [3.63, 3.8) is 0 Å². The van der Waals surface area contributed by atoms with E-state index in [1.54, 1.807) is 31.2 Å². The first-order valence-corrected chi connectivity index (χ1v) is 7.81. The second-order valence-corrected chi connectivity index (χ2v) is 5.62. The number of nitriles is 1. The van der Waals surface area contributed by atoms with Gasteiger partial charge in [0, 0.05) is 0 Å². The molecule has 0 fully saturated rings. The highest BCUT2D eigenvalue weighted by Crippen LogP contribution is 2.18. The number of ether oxygens (including phenoxy) is 1. The molecular formula is C19H19FN2O3. The minimum Gasteiger partial charge on any atom is -0.479 e. The molecule has 0 saturated carbocycles. The van der Waals surface area contributed by atoms with Crippen LogP contribution in [0.2, 0.25) is 0 Å². The van der Waals surface area contributed by atoms with E-state index in [-0.39, 0.29) is 24.8 Å². The summed E-state index contributed by atoms with van der Waals surface area (Å²) in [5, 5.41) is 21.5. The van der Waals surface area contributed by atoms with E-state index in [9.17, 15) is 14.3 Å². The number of rotatable bonds is 7. The van der Waals surface area contributed by atoms with E-state index in [1.165, 1.54) is 24.3 Å². The van der Waals surface area contributed by atoms with Crippen molar-refractivity contribution in [1.82, 2.24) is 5.32 Å². The molecule has 1 amide bonds. The van der Waals surface area contributed by atoms with Crippen LogP contribution >= 0.6 is 0 Å². The van der Waals surface area contributed by atoms with Crippen LogP contribution in [0.25, 0.3) is 0 Å². The second kappa shape index (κ2) is 8.81. The Labute approximate surface area is 145 Å². The van der Waals surface area contributed by atoms with Crippen LogP contribution in [-0.2, 0) is 11.2 Å². The fourth-order valence-electron chi connectivity index (χ4n) is 2.38. The summed E-state index contributed by atoms with van der Waals surface area (Å²) < 4.78 is 18.1. The molecule has 2 rings (SSSR count). The van der Waals surface area contributed by atoms with Crippen molar-refractivity contribution in [2.24, 2.45) is 0 Å². The molecule has 2 N–H and O–H groups in total. The fraction of sp³-hybridized carbons (Fsp3) is 0.263. The molecule has 6 heteroatoms. The number of hydrogen-bond acceptors (Lipinski definition) is 4. The van der Waals surface area contributed by atoms with Crippen molar-refractivity contribution in [3.8, 4) is 11.8 Å². The molecule has 2 aromatic carbocycles. The van der Waals surface area contributed by atoms with Gasteiger partial charge in [0.2, 0.25) is 5.91 Å². The Balaban J connectivity index is 1.93. The molecule has 25 heavy (non-hydrogen) atoms. The van der Waals surface area contributed by atoms with Crippen LogP contribution in [0.3, 0.4) is 0 Å². The summed E-state index contributed by atoms with van der Waals surface area (Å²) in [6, 6.07) is 13.8. The van der Waals surface area contributed by atoms with Gasteiger partial charge in [0.05, 0.1) is 18.6 Å². The van der Waals surface area contributed by atoms with Gasteiger partial charge in [-0.05, 0) is 42.3 Å². The lowest BCUT2D eigenvalue weighted by Crippen LogP contribution is -2.37. The number of carbonyl (C=O) groups excluding carboxylic acids is 1. The number of nitrogens with zero attached hydrogens (tertiary/aromatic N) is 1. The monoisotopic (exact) mass is 342 g/mol. The van der Waals surface area contributed by atoms with Gasteiger partial charge in [-0.25, -0.2) is 4.39 Å². The molecule has 0 aliphatic rings. The third-order valence-electron chi connectivity index (χ3n) is 3.64. The Morgan fingerprint density at radius 1 is 1.32 bits per heavy atom. The van der Waals surface area contributed by atoms with Crippen molar-refractivity contribution < 1.29 is 19.0 Å². The lowest BCUT2D eigenvalue weighted by molar-refractivity contribution is -0.121. The van der Waals surface area contributed by atoms with Gasteiger partial charge in [-0.3, -0.25) is 4.79 Å². The summed E-state index contributed by atoms with van der Waals surface area (Å²) in [6.07, 6.45) is -0.820. The summed E-state index contributed by atoms with van der Waals surface area (Å²) in [5.74, 6) is -0.122. The van der Waals surface area contributed by atoms with Crippen LogP contribution in [0.1, 0.15) is 24.2 Å². The zero-order valence-corrected chi connectivity index (χ0v) is 13.8. The highest BCUT2D eigenvalue weighted by molar-refractivity contribution is 5.79. The predicted octanol–water partition coefficient (Wildman–Crippen LogP) is 2.51. The van der Waals surface area contributed by atoms with Gasteiger partial charge in [0.15, 0.2) is 6.61 Å². The van der Waals surface area contributed by atoms with Crippen molar-refractivity contribution in [2.45, 2.75) is 25.5 Å². The van der Waals surface area contributed by atoms with Gasteiger partial charge >= 0.3 is 0 Å². The zero-order valence-electron chi connectivity index (χ0n) is 13.8. The normalized spacial score (nSPS) is 12.7. The van der Waals surface area contributed by atoms with Gasteiger partial charge in [-0.1, -0.05) is 24.3 Å². The van der Waals surface area contributed by atoms with Crippen molar-refractivity contribution >= 4 is 5.91 Å². The Bertz CT molecular complexity index is 756. The number of benzene rings is 2. The lowest BCUT2D eigenvalue weighted by Gasteiger charge is -2.20. The van der Waals surface area contributed by atoms with Crippen LogP contribution in [0.5, 0.6) is 5.75 Å². The van der Waals surface area contributed by atoms with E-state index in [4.69, 9.17) is 10.00 Å². The average molecular weight is 342 g/mol. The molecule has 5 nitrogen and oxygen atoms in total. The smallest absolute Gasteiger partial charge is 0.224 e. The van der Waals surface area contributed by atoms with E-state index in [0.29, 0.717) is 11.3 Å². The molecule has 0 aliphatic carbocycles. The van der Waals surface area contributed by atoms with Crippen LogP contribution in [0, 0.1) is 17.1 Å². The third-order valence-corrected chi connectivity index (χ3v) is 3.64. The van der Waals surface area contributed by atoms with E-state index < -0.39 is 12.1 Å². The summed E-state index contributed by atoms with van der Waals surface area (Å²) in [7, 11) is 0. The Hall–Kier alpha value is -2.91. The molecule has 0 saturated heterocycles. The van der Waals surface area contributed by atoms with E-state index in [2.05, 4.69) is 5.32 Å². The van der Waals surface area contributed by atoms with Gasteiger partial charge in [0.25, 0.3) is 0 Å². The maximum absolute atomic E-state index is 12.9. The van der Waals surface area contributed by atoms with Gasteiger partial charge in [0.1, 0.15) is 17.6 Å². The number of aliphatic hydroxyl groups is 1. The molecule has 0 bridgehead atoms. The minimum atomic E-state index is -0.935. The quantitative estimate of drug-likeness (QED) is 0.810. The lowest BCUT2D eigenvalue weighted by atomic mass is 10.0. The van der Waals surface area contributed by atoms with Crippen LogP contribution in [0.15, 0.2) is 48.5 Å². The summed E-state index contributed by atoms with van der Waals surface area (Å²) in [5.41, 5.74) is 1.26. The van der Waals surface area contributed by atoms with E-state index in [1.807, 2.05) is 6.07 Å². The van der Waals surface area contributed by atoms with E-state index >= 15 is 0 Å². The first-order valence-electron chi connectivity index (χ1n) is 7.81. The summed E-state index contributed by atoms with van der Waals surface area (Å²) >= 11 is 0. The van der Waals surface area contributed by atoms with Crippen LogP contribution in [-0.4, -0.2) is 23.7 Å². The van der Waals surface area contributed by atoms with Crippen LogP contribution in [0.4, 0.5) is 4.39 Å². The molecular weight excluding hydrogens is 323 g/mol. The number of nitrogens with one attached hydrogen (secondary N) is 1. The van der Waals surface area contributed by atoms with E-state index in [0.717, 1.165) is 5.56 Å². The van der Waals surface area contributed by atoms with Gasteiger partial charge in [-0.2, -0.15) is 5.26 Å². The maximum Gasteiger partial charge on any atom is 0.224 e. The average Bonchev–Trinajstić information content (AvgIpc) is 2.60. The summed E-state index contributed by atoms with van der Waals surface area (Å²) in [4.78, 5) is 12.2. The number of carbonyl (C=O) groups is 1. The Morgan fingerprint density at radius 2 is 2.04 bits per heavy atom. The zero-order chi connectivity index (χ0) is 18.2. The molecule has 0 heterocycles. The van der Waals surface area contributed by atoms with Crippen LogP contribution < -0.4 is 10.1 Å². The number of aliphatic hydroxyl groups excluding tert-OH is 1. The summed E-state index contributed by atoms with van der Waals surface area (Å²) in [6.45, 7) is 1.62. The molecule has 0 radical (unpaired) electrons. The third kappa shape index (κ3) is 5.59. The molecule has 2 unspecified atom stereocenters. The highest BCUT2D eigenvalue weighted by Gasteiger charge is 2.18. The molecule has 0 spiro atoms. The second-order valence-electron chi connectivity index (χ2n) is 5.62. The topological polar surface area (TPSA) is 82.3 Å². The first-order chi connectivity index (χ1) is 12.0. The standard InChI is InChI=1S/C19H19FN2O3/c1-13(19(24)15-5-7-16(20)8-6-15)22-18(23)12-14-3-2-4-17(11-14)25-10-9-21/h2-8,11,13,19,24H,10,12H2,1H3,(H,22,23). The van der Waals surface area contributed by atoms with Gasteiger partial charge in [-0.15, -0.1) is 0 Å². The number of hydrogen-bond donors (Lipinski definition) is 2. The largest absolute Gasteiger partial charge is 0.479 e. The van der Waals surface area contributed by atoms with Crippen molar-refractivity contribution in [2.75, 3.05) is 6.61 Å². The molecule has 0 aromatic heterocycles. The molecule has 2 atom stereocenters. The maximum atomic E-state index is 12.9. The number of amides is 1. The molecule has 0 aliphatic heterocycles. The Morgan fingerprint density at radius 3 is 2.72 bits per heavy atom. The van der Waals surface area contributed by atoms with Crippen molar-refractivity contribution in [3.05, 3.63) is 65.5 Å². The SMILES string of the molecule is CC(NC(=O)Cc1cccc(OCC#N)c1)C(O)c1ccc(F)cc1. The molecule has 130 valence electrons. The predicted molar refractivity (Wildman–Crippen MR) is 90.2 cm³/mol. The minimum absolute atomic E-state index is 0.0590. The number of halogens is 1. The van der Waals surface area contributed by atoms with Gasteiger partial charge < -0.3 is 15.2 Å². The fourth-order valence-corrected chi connectivity index (χ4v) is 2.38.